The number of sulfonamides is 1. The summed E-state index contributed by atoms with van der Waals surface area (Å²) in [4.78, 5) is 26.8. The number of amides is 3. The van der Waals surface area contributed by atoms with E-state index in [0.717, 1.165) is 16.5 Å². The fourth-order valence-electron chi connectivity index (χ4n) is 3.42. The van der Waals surface area contributed by atoms with Gasteiger partial charge in [-0.05, 0) is 42.3 Å². The molecule has 0 atom stereocenters. The summed E-state index contributed by atoms with van der Waals surface area (Å²) in [5.74, 6) is -1.11. The molecule has 3 aromatic carbocycles. The maximum atomic E-state index is 14.2. The van der Waals surface area contributed by atoms with Crippen LogP contribution < -0.4 is 14.5 Å². The Morgan fingerprint density at radius 3 is 2.41 bits per heavy atom. The number of nitrogens with zero attached hydrogens (tertiary/aromatic N) is 2. The second-order valence-electron chi connectivity index (χ2n) is 7.30. The van der Waals surface area contributed by atoms with Crippen molar-refractivity contribution in [2.45, 2.75) is 18.4 Å². The predicted octanol–water partition coefficient (Wildman–Crippen LogP) is 3.59. The summed E-state index contributed by atoms with van der Waals surface area (Å²) >= 11 is 0. The van der Waals surface area contributed by atoms with Crippen LogP contribution in [0.3, 0.4) is 0 Å². The average Bonchev–Trinajstić information content (AvgIpc) is 2.78. The number of carbonyl (C=O) groups excluding carboxylic acids is 2. The van der Waals surface area contributed by atoms with Crippen LogP contribution in [-0.2, 0) is 21.4 Å². The summed E-state index contributed by atoms with van der Waals surface area (Å²) in [6, 6.07) is 17.9. The van der Waals surface area contributed by atoms with Crippen LogP contribution in [0.5, 0.6) is 0 Å². The van der Waals surface area contributed by atoms with E-state index in [1.54, 1.807) is 6.07 Å². The molecule has 0 saturated heterocycles. The van der Waals surface area contributed by atoms with Gasteiger partial charge in [0.1, 0.15) is 17.3 Å². The van der Waals surface area contributed by atoms with Crippen molar-refractivity contribution in [1.29, 1.82) is 0 Å². The van der Waals surface area contributed by atoms with Crippen molar-refractivity contribution in [3.63, 3.8) is 0 Å². The molecule has 164 valence electrons. The highest BCUT2D eigenvalue weighted by Crippen LogP contribution is 2.37. The molecule has 0 aromatic heterocycles. The number of aryl methyl sites for hydroxylation is 1. The molecule has 7 nitrogen and oxygen atoms in total. The predicted molar refractivity (Wildman–Crippen MR) is 118 cm³/mol. The minimum Gasteiger partial charge on any atom is -0.350 e. The number of anilines is 2. The van der Waals surface area contributed by atoms with Gasteiger partial charge in [0.25, 0.3) is 10.0 Å². The molecular weight excluding hydrogens is 433 g/mol. The summed E-state index contributed by atoms with van der Waals surface area (Å²) in [5, 5.41) is 2.73. The maximum Gasteiger partial charge on any atom is 0.343 e. The molecule has 0 saturated carbocycles. The molecular formula is C23H20FN3O4S. The van der Waals surface area contributed by atoms with Gasteiger partial charge in [-0.2, -0.15) is 4.31 Å². The maximum absolute atomic E-state index is 14.2. The van der Waals surface area contributed by atoms with Crippen molar-refractivity contribution in [1.82, 2.24) is 5.32 Å². The van der Waals surface area contributed by atoms with E-state index in [-0.39, 0.29) is 22.8 Å². The molecule has 3 amide bonds. The molecule has 1 heterocycles. The fourth-order valence-corrected chi connectivity index (χ4v) is 5.00. The van der Waals surface area contributed by atoms with Crippen LogP contribution in [0, 0.1) is 12.7 Å². The Balaban J connectivity index is 1.68. The van der Waals surface area contributed by atoms with Crippen molar-refractivity contribution < 1.29 is 22.4 Å². The minimum absolute atomic E-state index is 0.0937. The van der Waals surface area contributed by atoms with Gasteiger partial charge in [0, 0.05) is 6.54 Å². The van der Waals surface area contributed by atoms with Crippen LogP contribution in [0.25, 0.3) is 0 Å². The first-order valence-electron chi connectivity index (χ1n) is 9.81. The van der Waals surface area contributed by atoms with Gasteiger partial charge in [0.05, 0.1) is 11.4 Å². The first-order chi connectivity index (χ1) is 15.3. The first-order valence-corrected chi connectivity index (χ1v) is 11.3. The molecule has 0 fully saturated rings. The Bertz CT molecular complexity index is 1300. The SMILES string of the molecule is Cc1ccc(N2C(=O)N(CC(=O)NCc3ccccc3)c3ccccc3S2(=O)=O)cc1F. The van der Waals surface area contributed by atoms with Crippen LogP contribution in [0.1, 0.15) is 11.1 Å². The van der Waals surface area contributed by atoms with E-state index < -0.39 is 34.3 Å². The lowest BCUT2D eigenvalue weighted by Gasteiger charge is -2.35. The number of fused-ring (bicyclic) bond motifs is 1. The molecule has 0 unspecified atom stereocenters. The van der Waals surface area contributed by atoms with Gasteiger partial charge in [-0.15, -0.1) is 0 Å². The van der Waals surface area contributed by atoms with Gasteiger partial charge >= 0.3 is 6.03 Å². The lowest BCUT2D eigenvalue weighted by molar-refractivity contribution is -0.119. The Labute approximate surface area is 185 Å². The van der Waals surface area contributed by atoms with Gasteiger partial charge in [0.2, 0.25) is 5.91 Å². The van der Waals surface area contributed by atoms with Gasteiger partial charge in [-0.1, -0.05) is 48.5 Å². The summed E-state index contributed by atoms with van der Waals surface area (Å²) in [7, 11) is -4.29. The summed E-state index contributed by atoms with van der Waals surface area (Å²) in [6.45, 7) is 1.39. The molecule has 3 aromatic rings. The van der Waals surface area contributed by atoms with E-state index in [1.165, 1.54) is 37.3 Å². The van der Waals surface area contributed by atoms with Gasteiger partial charge < -0.3 is 5.32 Å². The molecule has 1 N–H and O–H groups in total. The zero-order chi connectivity index (χ0) is 22.9. The van der Waals surface area contributed by atoms with Crippen molar-refractivity contribution in [3.05, 3.63) is 89.7 Å². The summed E-state index contributed by atoms with van der Waals surface area (Å²) in [6.07, 6.45) is 0. The lowest BCUT2D eigenvalue weighted by atomic mass is 10.2. The van der Waals surface area contributed by atoms with Gasteiger partial charge in [0.15, 0.2) is 0 Å². The number of halogens is 1. The quantitative estimate of drug-likeness (QED) is 0.640. The molecule has 0 spiro atoms. The highest BCUT2D eigenvalue weighted by Gasteiger charge is 2.43. The molecule has 1 aliphatic heterocycles. The van der Waals surface area contributed by atoms with Gasteiger partial charge in [-0.3, -0.25) is 9.69 Å². The Hall–Kier alpha value is -3.72. The van der Waals surface area contributed by atoms with Crippen molar-refractivity contribution >= 4 is 33.3 Å². The zero-order valence-corrected chi connectivity index (χ0v) is 18.0. The van der Waals surface area contributed by atoms with Crippen molar-refractivity contribution in [3.8, 4) is 0 Å². The summed E-state index contributed by atoms with van der Waals surface area (Å²) in [5.41, 5.74) is 1.15. The van der Waals surface area contributed by atoms with Crippen LogP contribution >= 0.6 is 0 Å². The Morgan fingerprint density at radius 2 is 1.69 bits per heavy atom. The standard InChI is InChI=1S/C23H20FN3O4S/c1-16-11-12-18(13-19(16)24)27-23(29)26(20-9-5-6-10-21(20)32(27,30)31)15-22(28)25-14-17-7-3-2-4-8-17/h2-13H,14-15H2,1H3,(H,25,28). The average molecular weight is 453 g/mol. The molecule has 9 heteroatoms. The van der Waals surface area contributed by atoms with Crippen LogP contribution in [0.4, 0.5) is 20.6 Å². The van der Waals surface area contributed by atoms with E-state index in [1.807, 2.05) is 30.3 Å². The lowest BCUT2D eigenvalue weighted by Crippen LogP contribution is -2.53. The van der Waals surface area contributed by atoms with E-state index in [0.29, 0.717) is 9.87 Å². The smallest absolute Gasteiger partial charge is 0.343 e. The fraction of sp³-hybridized carbons (Fsp3) is 0.130. The molecule has 32 heavy (non-hydrogen) atoms. The monoisotopic (exact) mass is 453 g/mol. The Morgan fingerprint density at radius 1 is 1.00 bits per heavy atom. The van der Waals surface area contributed by atoms with E-state index in [4.69, 9.17) is 0 Å². The number of para-hydroxylation sites is 1. The van der Waals surface area contributed by atoms with Gasteiger partial charge in [-0.25, -0.2) is 17.6 Å². The zero-order valence-electron chi connectivity index (χ0n) is 17.2. The third kappa shape index (κ3) is 3.94. The van der Waals surface area contributed by atoms with E-state index >= 15 is 0 Å². The number of hydrogen-bond acceptors (Lipinski definition) is 4. The second-order valence-corrected chi connectivity index (χ2v) is 9.06. The molecule has 1 aliphatic rings. The number of hydrogen-bond donors (Lipinski definition) is 1. The minimum atomic E-state index is -4.29. The third-order valence-corrected chi connectivity index (χ3v) is 6.85. The third-order valence-electron chi connectivity index (χ3n) is 5.10. The second kappa shape index (κ2) is 8.43. The number of carbonyl (C=O) groups is 2. The molecule has 0 bridgehead atoms. The molecule has 4 rings (SSSR count). The number of rotatable bonds is 5. The van der Waals surface area contributed by atoms with Crippen LogP contribution in [-0.4, -0.2) is 26.9 Å². The molecule has 0 radical (unpaired) electrons. The highest BCUT2D eigenvalue weighted by molar-refractivity contribution is 7.94. The number of benzene rings is 3. The van der Waals surface area contributed by atoms with Crippen LogP contribution in [0.2, 0.25) is 0 Å². The normalized spacial score (nSPS) is 14.8. The highest BCUT2D eigenvalue weighted by atomic mass is 32.2. The van der Waals surface area contributed by atoms with E-state index in [9.17, 15) is 22.4 Å². The summed E-state index contributed by atoms with van der Waals surface area (Å²) < 4.78 is 41.1. The largest absolute Gasteiger partial charge is 0.350 e. The number of nitrogens with one attached hydrogen (secondary N) is 1. The first kappa shape index (κ1) is 21.5. The Kier molecular flexibility index (Phi) is 5.67. The van der Waals surface area contributed by atoms with Crippen molar-refractivity contribution in [2.75, 3.05) is 15.7 Å². The van der Waals surface area contributed by atoms with E-state index in [2.05, 4.69) is 5.32 Å². The van der Waals surface area contributed by atoms with Crippen molar-refractivity contribution in [2.24, 2.45) is 0 Å². The topological polar surface area (TPSA) is 86.8 Å². The molecule has 0 aliphatic carbocycles. The van der Waals surface area contributed by atoms with Crippen LogP contribution in [0.15, 0.2) is 77.7 Å². The number of urea groups is 1.